The zero-order valence-electron chi connectivity index (χ0n) is 10.6. The number of halogens is 2. The summed E-state index contributed by atoms with van der Waals surface area (Å²) < 4.78 is 5.45. The molecule has 0 aromatic heterocycles. The van der Waals surface area contributed by atoms with Crippen LogP contribution in [0.2, 0.25) is 10.0 Å². The lowest BCUT2D eigenvalue weighted by molar-refractivity contribution is -0.116. The van der Waals surface area contributed by atoms with Crippen LogP contribution < -0.4 is 10.1 Å². The molecule has 0 saturated carbocycles. The normalized spacial score (nSPS) is 10.1. The maximum Gasteiger partial charge on any atom is 0.227 e. The fourth-order valence-electron chi connectivity index (χ4n) is 1.57. The third-order valence-electron chi connectivity index (χ3n) is 2.55. The van der Waals surface area contributed by atoms with E-state index in [4.69, 9.17) is 27.9 Å². The highest BCUT2D eigenvalue weighted by Crippen LogP contribution is 2.26. The molecule has 0 bridgehead atoms. The Morgan fingerprint density at radius 2 is 1.80 bits per heavy atom. The summed E-state index contributed by atoms with van der Waals surface area (Å²) in [7, 11) is 0. The molecule has 0 saturated heterocycles. The smallest absolute Gasteiger partial charge is 0.227 e. The monoisotopic (exact) mass is 309 g/mol. The van der Waals surface area contributed by atoms with Crippen LogP contribution in [-0.4, -0.2) is 12.5 Å². The van der Waals surface area contributed by atoms with Crippen LogP contribution in [0, 0.1) is 0 Å². The Labute approximate surface area is 127 Å². The van der Waals surface area contributed by atoms with Gasteiger partial charge in [-0.05, 0) is 24.3 Å². The van der Waals surface area contributed by atoms with E-state index < -0.39 is 0 Å². The van der Waals surface area contributed by atoms with E-state index in [0.717, 1.165) is 5.69 Å². The van der Waals surface area contributed by atoms with Crippen LogP contribution in [0.3, 0.4) is 0 Å². The second-order valence-corrected chi connectivity index (χ2v) is 4.90. The van der Waals surface area contributed by atoms with Gasteiger partial charge in [0.1, 0.15) is 5.75 Å². The Balaban J connectivity index is 1.78. The molecule has 1 amide bonds. The van der Waals surface area contributed by atoms with Gasteiger partial charge in [0.05, 0.1) is 23.1 Å². The molecular weight excluding hydrogens is 297 g/mol. The quantitative estimate of drug-likeness (QED) is 0.889. The summed E-state index contributed by atoms with van der Waals surface area (Å²) in [5.41, 5.74) is 0.770. The lowest BCUT2D eigenvalue weighted by Crippen LogP contribution is -2.15. The van der Waals surface area contributed by atoms with Crippen molar-refractivity contribution in [3.8, 4) is 5.75 Å². The SMILES string of the molecule is O=C(CCOc1ccc(Cl)c(Cl)c1)Nc1ccccc1. The molecule has 0 aliphatic carbocycles. The summed E-state index contributed by atoms with van der Waals surface area (Å²) in [6.07, 6.45) is 0.259. The molecule has 0 radical (unpaired) electrons. The number of ether oxygens (including phenoxy) is 1. The molecule has 2 aromatic rings. The fourth-order valence-corrected chi connectivity index (χ4v) is 1.86. The molecular formula is C15H13Cl2NO2. The first kappa shape index (κ1) is 14.7. The zero-order valence-corrected chi connectivity index (χ0v) is 12.1. The van der Waals surface area contributed by atoms with Crippen molar-refractivity contribution >= 4 is 34.8 Å². The van der Waals surface area contributed by atoms with Crippen molar-refractivity contribution in [2.45, 2.75) is 6.42 Å². The van der Waals surface area contributed by atoms with Gasteiger partial charge in [0.15, 0.2) is 0 Å². The Hall–Kier alpha value is -1.71. The second-order valence-electron chi connectivity index (χ2n) is 4.09. The largest absolute Gasteiger partial charge is 0.493 e. The molecule has 2 aromatic carbocycles. The zero-order chi connectivity index (χ0) is 14.4. The molecule has 0 fully saturated rings. The van der Waals surface area contributed by atoms with E-state index in [9.17, 15) is 4.79 Å². The van der Waals surface area contributed by atoms with Crippen LogP contribution in [0.1, 0.15) is 6.42 Å². The first-order valence-electron chi connectivity index (χ1n) is 6.08. The molecule has 1 N–H and O–H groups in total. The van der Waals surface area contributed by atoms with Gasteiger partial charge in [-0.3, -0.25) is 4.79 Å². The van der Waals surface area contributed by atoms with Gasteiger partial charge >= 0.3 is 0 Å². The van der Waals surface area contributed by atoms with Crippen LogP contribution in [0.4, 0.5) is 5.69 Å². The highest BCUT2D eigenvalue weighted by Gasteiger charge is 2.04. The minimum absolute atomic E-state index is 0.101. The van der Waals surface area contributed by atoms with Gasteiger partial charge in [-0.2, -0.15) is 0 Å². The van der Waals surface area contributed by atoms with Gasteiger partial charge < -0.3 is 10.1 Å². The average molecular weight is 310 g/mol. The van der Waals surface area contributed by atoms with Gasteiger partial charge in [0.2, 0.25) is 5.91 Å². The van der Waals surface area contributed by atoms with Gasteiger partial charge in [-0.1, -0.05) is 41.4 Å². The predicted octanol–water partition coefficient (Wildman–Crippen LogP) is 4.40. The highest BCUT2D eigenvalue weighted by molar-refractivity contribution is 6.42. The molecule has 0 aliphatic rings. The van der Waals surface area contributed by atoms with Gasteiger partial charge in [0, 0.05) is 11.8 Å². The Morgan fingerprint density at radius 1 is 1.05 bits per heavy atom. The number of amides is 1. The summed E-state index contributed by atoms with van der Waals surface area (Å²) in [4.78, 5) is 11.7. The summed E-state index contributed by atoms with van der Waals surface area (Å²) in [5, 5.41) is 3.68. The molecule has 0 heterocycles. The number of benzene rings is 2. The molecule has 2 rings (SSSR count). The summed E-state index contributed by atoms with van der Waals surface area (Å²) in [5.74, 6) is 0.489. The van der Waals surface area contributed by atoms with E-state index in [-0.39, 0.29) is 18.9 Å². The minimum Gasteiger partial charge on any atom is -0.493 e. The Morgan fingerprint density at radius 3 is 2.50 bits per heavy atom. The Kier molecular flexibility index (Phi) is 5.27. The van der Waals surface area contributed by atoms with Crippen molar-refractivity contribution in [2.75, 3.05) is 11.9 Å². The van der Waals surface area contributed by atoms with Crippen molar-refractivity contribution in [3.63, 3.8) is 0 Å². The molecule has 5 heteroatoms. The maximum atomic E-state index is 11.7. The number of hydrogen-bond acceptors (Lipinski definition) is 2. The van der Waals surface area contributed by atoms with E-state index in [2.05, 4.69) is 5.32 Å². The number of para-hydroxylation sites is 1. The second kappa shape index (κ2) is 7.17. The molecule has 0 unspecified atom stereocenters. The minimum atomic E-state index is -0.101. The van der Waals surface area contributed by atoms with E-state index in [1.54, 1.807) is 18.2 Å². The van der Waals surface area contributed by atoms with Gasteiger partial charge in [-0.25, -0.2) is 0 Å². The lowest BCUT2D eigenvalue weighted by atomic mass is 10.3. The number of anilines is 1. The van der Waals surface area contributed by atoms with Crippen LogP contribution >= 0.6 is 23.2 Å². The van der Waals surface area contributed by atoms with E-state index in [1.165, 1.54) is 0 Å². The van der Waals surface area contributed by atoms with Crippen molar-refractivity contribution in [1.82, 2.24) is 0 Å². The third kappa shape index (κ3) is 4.44. The number of rotatable bonds is 5. The standard InChI is InChI=1S/C15H13Cl2NO2/c16-13-7-6-12(10-14(13)17)20-9-8-15(19)18-11-4-2-1-3-5-11/h1-7,10H,8-9H2,(H,18,19). The fraction of sp³-hybridized carbons (Fsp3) is 0.133. The number of carbonyl (C=O) groups excluding carboxylic acids is 1. The summed E-state index contributed by atoms with van der Waals surface area (Å²) >= 11 is 11.7. The van der Waals surface area contributed by atoms with Crippen molar-refractivity contribution in [2.24, 2.45) is 0 Å². The highest BCUT2D eigenvalue weighted by atomic mass is 35.5. The van der Waals surface area contributed by atoms with Crippen LogP contribution in [-0.2, 0) is 4.79 Å². The van der Waals surface area contributed by atoms with Crippen LogP contribution in [0.25, 0.3) is 0 Å². The third-order valence-corrected chi connectivity index (χ3v) is 3.29. The number of carbonyl (C=O) groups is 1. The van der Waals surface area contributed by atoms with Crippen LogP contribution in [0.15, 0.2) is 48.5 Å². The average Bonchev–Trinajstić information content (AvgIpc) is 2.44. The first-order valence-corrected chi connectivity index (χ1v) is 6.83. The van der Waals surface area contributed by atoms with Crippen molar-refractivity contribution in [1.29, 1.82) is 0 Å². The number of nitrogens with one attached hydrogen (secondary N) is 1. The lowest BCUT2D eigenvalue weighted by Gasteiger charge is -2.08. The van der Waals surface area contributed by atoms with Gasteiger partial charge in [-0.15, -0.1) is 0 Å². The van der Waals surface area contributed by atoms with Crippen molar-refractivity contribution < 1.29 is 9.53 Å². The van der Waals surface area contributed by atoms with Crippen molar-refractivity contribution in [3.05, 3.63) is 58.6 Å². The van der Waals surface area contributed by atoms with Crippen LogP contribution in [0.5, 0.6) is 5.75 Å². The molecule has 104 valence electrons. The van der Waals surface area contributed by atoms with E-state index >= 15 is 0 Å². The van der Waals surface area contributed by atoms with E-state index in [0.29, 0.717) is 15.8 Å². The molecule has 0 spiro atoms. The maximum absolute atomic E-state index is 11.7. The molecule has 0 atom stereocenters. The molecule has 3 nitrogen and oxygen atoms in total. The Bertz CT molecular complexity index is 588. The summed E-state index contributed by atoms with van der Waals surface area (Å²) in [6.45, 7) is 0.274. The topological polar surface area (TPSA) is 38.3 Å². The number of hydrogen-bond donors (Lipinski definition) is 1. The molecule has 0 aliphatic heterocycles. The first-order chi connectivity index (χ1) is 9.65. The predicted molar refractivity (Wildman–Crippen MR) is 81.6 cm³/mol. The van der Waals surface area contributed by atoms with Gasteiger partial charge in [0.25, 0.3) is 0 Å². The molecule has 20 heavy (non-hydrogen) atoms. The van der Waals surface area contributed by atoms with E-state index in [1.807, 2.05) is 30.3 Å². The summed E-state index contributed by atoms with van der Waals surface area (Å²) in [6, 6.07) is 14.3.